The summed E-state index contributed by atoms with van der Waals surface area (Å²) in [7, 11) is -1.80. The van der Waals surface area contributed by atoms with Gasteiger partial charge in [0.25, 0.3) is 0 Å². The van der Waals surface area contributed by atoms with Crippen molar-refractivity contribution in [3.05, 3.63) is 0 Å². The lowest BCUT2D eigenvalue weighted by atomic mass is 10.1. The van der Waals surface area contributed by atoms with E-state index in [9.17, 15) is 13.2 Å². The molecule has 1 rings (SSSR count). The summed E-state index contributed by atoms with van der Waals surface area (Å²) >= 11 is 0. The maximum absolute atomic E-state index is 12.1. The van der Waals surface area contributed by atoms with Crippen molar-refractivity contribution in [2.45, 2.75) is 38.1 Å². The summed E-state index contributed by atoms with van der Waals surface area (Å²) in [6, 6.07) is 0.184. The molecule has 1 saturated heterocycles. The lowest BCUT2D eigenvalue weighted by Gasteiger charge is -2.42. The van der Waals surface area contributed by atoms with Crippen LogP contribution in [0, 0.1) is 0 Å². The third-order valence-corrected chi connectivity index (χ3v) is 5.59. The second-order valence-corrected chi connectivity index (χ2v) is 6.96. The van der Waals surface area contributed by atoms with Gasteiger partial charge in [-0.25, -0.2) is 8.42 Å². The Bertz CT molecular complexity index is 383. The second kappa shape index (κ2) is 4.91. The summed E-state index contributed by atoms with van der Waals surface area (Å²) in [5.41, 5.74) is 0. The number of carboxylic acids is 1. The van der Waals surface area contributed by atoms with Gasteiger partial charge in [-0.15, -0.1) is 0 Å². The Labute approximate surface area is 102 Å². The molecule has 0 amide bonds. The van der Waals surface area contributed by atoms with Gasteiger partial charge in [-0.3, -0.25) is 9.69 Å². The van der Waals surface area contributed by atoms with Gasteiger partial charge in [0.05, 0.1) is 0 Å². The Morgan fingerprint density at radius 1 is 1.29 bits per heavy atom. The fourth-order valence-corrected chi connectivity index (χ4v) is 3.46. The highest BCUT2D eigenvalue weighted by Crippen LogP contribution is 2.19. The van der Waals surface area contributed by atoms with Crippen molar-refractivity contribution in [3.8, 4) is 0 Å². The fraction of sp³-hybridized carbons (Fsp3) is 0.900. The van der Waals surface area contributed by atoms with Crippen LogP contribution in [0.1, 0.15) is 20.8 Å². The summed E-state index contributed by atoms with van der Waals surface area (Å²) in [6.45, 7) is 5.78. The standard InChI is InChI=1S/C10H20N2O4S/c1-7-5-12(6-8(2)11(7)4)17(15,16)9(3)10(13)14/h7-9H,5-6H2,1-4H3,(H,13,14). The molecule has 0 radical (unpaired) electrons. The highest BCUT2D eigenvalue weighted by Gasteiger charge is 2.38. The van der Waals surface area contributed by atoms with Crippen LogP contribution in [-0.4, -0.2) is 66.2 Å². The van der Waals surface area contributed by atoms with E-state index < -0.39 is 21.2 Å². The van der Waals surface area contributed by atoms with Crippen molar-refractivity contribution in [2.75, 3.05) is 20.1 Å². The van der Waals surface area contributed by atoms with Crippen molar-refractivity contribution >= 4 is 16.0 Å². The number of hydrogen-bond acceptors (Lipinski definition) is 4. The molecule has 17 heavy (non-hydrogen) atoms. The van der Waals surface area contributed by atoms with Crippen molar-refractivity contribution in [2.24, 2.45) is 0 Å². The van der Waals surface area contributed by atoms with E-state index in [-0.39, 0.29) is 12.1 Å². The molecule has 6 nitrogen and oxygen atoms in total. The predicted octanol–water partition coefficient (Wildman–Crippen LogP) is -0.186. The van der Waals surface area contributed by atoms with E-state index in [0.29, 0.717) is 13.1 Å². The Hall–Kier alpha value is -0.660. The molecule has 3 unspecified atom stereocenters. The van der Waals surface area contributed by atoms with E-state index in [0.717, 1.165) is 0 Å². The van der Waals surface area contributed by atoms with Crippen molar-refractivity contribution < 1.29 is 18.3 Å². The van der Waals surface area contributed by atoms with Gasteiger partial charge in [-0.1, -0.05) is 0 Å². The zero-order valence-electron chi connectivity index (χ0n) is 10.6. The third kappa shape index (κ3) is 2.78. The first-order valence-corrected chi connectivity index (χ1v) is 7.12. The van der Waals surface area contributed by atoms with Gasteiger partial charge in [0, 0.05) is 25.2 Å². The van der Waals surface area contributed by atoms with E-state index in [1.54, 1.807) is 0 Å². The largest absolute Gasteiger partial charge is 0.480 e. The number of nitrogens with zero attached hydrogens (tertiary/aromatic N) is 2. The Morgan fingerprint density at radius 2 is 1.71 bits per heavy atom. The molecule has 0 bridgehead atoms. The lowest BCUT2D eigenvalue weighted by Crippen LogP contribution is -2.58. The molecule has 0 aliphatic carbocycles. The van der Waals surface area contributed by atoms with Crippen LogP contribution in [0.5, 0.6) is 0 Å². The second-order valence-electron chi connectivity index (χ2n) is 4.71. The maximum Gasteiger partial charge on any atom is 0.323 e. The monoisotopic (exact) mass is 264 g/mol. The average molecular weight is 264 g/mol. The molecule has 0 aromatic heterocycles. The molecule has 3 atom stereocenters. The number of aliphatic carboxylic acids is 1. The highest BCUT2D eigenvalue weighted by molar-refractivity contribution is 7.90. The first-order chi connectivity index (χ1) is 7.67. The zero-order valence-corrected chi connectivity index (χ0v) is 11.4. The number of sulfonamides is 1. The minimum absolute atomic E-state index is 0.0921. The van der Waals surface area contributed by atoms with Crippen LogP contribution in [-0.2, 0) is 14.8 Å². The average Bonchev–Trinajstić information content (AvgIpc) is 2.23. The number of likely N-dealkylation sites (N-methyl/N-ethyl adjacent to an activating group) is 1. The lowest BCUT2D eigenvalue weighted by molar-refractivity contribution is -0.136. The van der Waals surface area contributed by atoms with Gasteiger partial charge < -0.3 is 5.11 Å². The number of rotatable bonds is 3. The molecule has 0 aromatic rings. The first kappa shape index (κ1) is 14.4. The molecular formula is C10H20N2O4S. The van der Waals surface area contributed by atoms with Gasteiger partial charge in [-0.2, -0.15) is 4.31 Å². The van der Waals surface area contributed by atoms with Crippen LogP contribution < -0.4 is 0 Å². The summed E-state index contributed by atoms with van der Waals surface area (Å²) in [6.07, 6.45) is 0. The van der Waals surface area contributed by atoms with Crippen molar-refractivity contribution in [3.63, 3.8) is 0 Å². The van der Waals surface area contributed by atoms with Gasteiger partial charge >= 0.3 is 5.97 Å². The van der Waals surface area contributed by atoms with Crippen molar-refractivity contribution in [1.29, 1.82) is 0 Å². The minimum atomic E-state index is -3.74. The Kier molecular flexibility index (Phi) is 4.16. The summed E-state index contributed by atoms with van der Waals surface area (Å²) in [5, 5.41) is 7.43. The molecule has 1 aliphatic heterocycles. The van der Waals surface area contributed by atoms with Gasteiger partial charge in [0.15, 0.2) is 5.25 Å². The molecule has 1 aliphatic rings. The molecule has 7 heteroatoms. The molecule has 1 fully saturated rings. The highest BCUT2D eigenvalue weighted by atomic mass is 32.2. The molecule has 100 valence electrons. The van der Waals surface area contributed by atoms with Crippen LogP contribution >= 0.6 is 0 Å². The first-order valence-electron chi connectivity index (χ1n) is 5.61. The van der Waals surface area contributed by atoms with Crippen LogP contribution in [0.25, 0.3) is 0 Å². The minimum Gasteiger partial charge on any atom is -0.480 e. The molecule has 1 N–H and O–H groups in total. The van der Waals surface area contributed by atoms with Crippen LogP contribution in [0.3, 0.4) is 0 Å². The van der Waals surface area contributed by atoms with E-state index in [2.05, 4.69) is 4.90 Å². The topological polar surface area (TPSA) is 77.9 Å². The van der Waals surface area contributed by atoms with E-state index in [1.165, 1.54) is 11.2 Å². The quantitative estimate of drug-likeness (QED) is 0.764. The molecule has 0 spiro atoms. The predicted molar refractivity (Wildman–Crippen MR) is 64.3 cm³/mol. The van der Waals surface area contributed by atoms with Gasteiger partial charge in [0.1, 0.15) is 0 Å². The Morgan fingerprint density at radius 3 is 2.06 bits per heavy atom. The van der Waals surface area contributed by atoms with Gasteiger partial charge in [-0.05, 0) is 27.8 Å². The van der Waals surface area contributed by atoms with E-state index >= 15 is 0 Å². The van der Waals surface area contributed by atoms with Crippen LogP contribution in [0.2, 0.25) is 0 Å². The summed E-state index contributed by atoms with van der Waals surface area (Å²) in [4.78, 5) is 12.9. The molecular weight excluding hydrogens is 244 g/mol. The van der Waals surface area contributed by atoms with Crippen LogP contribution in [0.15, 0.2) is 0 Å². The maximum atomic E-state index is 12.1. The number of carbonyl (C=O) groups is 1. The van der Waals surface area contributed by atoms with Gasteiger partial charge in [0.2, 0.25) is 10.0 Å². The smallest absolute Gasteiger partial charge is 0.323 e. The van der Waals surface area contributed by atoms with Crippen molar-refractivity contribution in [1.82, 2.24) is 9.21 Å². The summed E-state index contributed by atoms with van der Waals surface area (Å²) in [5.74, 6) is -1.30. The normalized spacial score (nSPS) is 30.1. The summed E-state index contributed by atoms with van der Waals surface area (Å²) < 4.78 is 25.4. The number of carboxylic acid groups (broad SMARTS) is 1. The van der Waals surface area contributed by atoms with E-state index in [1.807, 2.05) is 20.9 Å². The van der Waals surface area contributed by atoms with Crippen LogP contribution in [0.4, 0.5) is 0 Å². The fourth-order valence-electron chi connectivity index (χ4n) is 1.91. The van der Waals surface area contributed by atoms with E-state index in [4.69, 9.17) is 5.11 Å². The SMILES string of the molecule is CC1CN(S(=O)(=O)C(C)C(=O)O)CC(C)N1C. The molecule has 0 aromatic carbocycles. The zero-order chi connectivity index (χ0) is 13.4. The molecule has 1 heterocycles. The molecule has 0 saturated carbocycles. The number of piperazine rings is 1. The number of hydrogen-bond donors (Lipinski definition) is 1. The Balaban J connectivity index is 2.91. The third-order valence-electron chi connectivity index (χ3n) is 3.48.